The zero-order valence-electron chi connectivity index (χ0n) is 10.6. The maximum Gasteiger partial charge on any atom is 0.243 e. The summed E-state index contributed by atoms with van der Waals surface area (Å²) >= 11 is 3.47. The van der Waals surface area contributed by atoms with Crippen LogP contribution in [0.1, 0.15) is 42.6 Å². The molecule has 3 rings (SSSR count). The molecule has 0 bridgehead atoms. The minimum absolute atomic E-state index is 0.234. The van der Waals surface area contributed by atoms with Gasteiger partial charge in [0, 0.05) is 10.9 Å². The second-order valence-electron chi connectivity index (χ2n) is 4.86. The van der Waals surface area contributed by atoms with Crippen LogP contribution in [0.15, 0.2) is 33.3 Å². The largest absolute Gasteiger partial charge is 0.338 e. The van der Waals surface area contributed by atoms with E-state index in [1.165, 1.54) is 18.4 Å². The number of aromatic nitrogens is 2. The topological polar surface area (TPSA) is 51.0 Å². The molecule has 0 spiro atoms. The lowest BCUT2D eigenvalue weighted by Gasteiger charge is -2.19. The van der Waals surface area contributed by atoms with Gasteiger partial charge in [-0.25, -0.2) is 0 Å². The van der Waals surface area contributed by atoms with Gasteiger partial charge in [0.2, 0.25) is 5.89 Å². The van der Waals surface area contributed by atoms with Crippen LogP contribution in [-0.4, -0.2) is 16.7 Å². The highest BCUT2D eigenvalue weighted by atomic mass is 79.9. The number of halogens is 1. The molecule has 1 saturated heterocycles. The number of rotatable bonds is 3. The summed E-state index contributed by atoms with van der Waals surface area (Å²) in [6.07, 6.45) is 4.24. The summed E-state index contributed by atoms with van der Waals surface area (Å²) in [5.74, 6) is 1.48. The Hall–Kier alpha value is -1.20. The van der Waals surface area contributed by atoms with E-state index in [0.29, 0.717) is 6.42 Å². The van der Waals surface area contributed by atoms with Crippen molar-refractivity contribution in [2.45, 2.75) is 31.7 Å². The van der Waals surface area contributed by atoms with Crippen LogP contribution in [0.2, 0.25) is 0 Å². The van der Waals surface area contributed by atoms with Crippen molar-refractivity contribution >= 4 is 15.9 Å². The average molecular weight is 322 g/mol. The summed E-state index contributed by atoms with van der Waals surface area (Å²) in [5.41, 5.74) is 1.18. The second-order valence-corrected chi connectivity index (χ2v) is 5.77. The zero-order valence-corrected chi connectivity index (χ0v) is 12.2. The van der Waals surface area contributed by atoms with E-state index in [1.54, 1.807) is 0 Å². The molecular weight excluding hydrogens is 306 g/mol. The first kappa shape index (κ1) is 12.8. The summed E-state index contributed by atoms with van der Waals surface area (Å²) in [6, 6.07) is 8.41. The lowest BCUT2D eigenvalue weighted by Crippen LogP contribution is -2.27. The standard InChI is InChI=1S/C14H16BrN3O/c15-11-5-3-4-10(8-11)9-13-17-14(19-18-13)12-6-1-2-7-16-12/h3-5,8,12,16H,1-2,6-7,9H2/t12-/m1/s1. The van der Waals surface area contributed by atoms with Gasteiger partial charge in [0.15, 0.2) is 5.82 Å². The molecule has 2 aromatic rings. The van der Waals surface area contributed by atoms with Crippen molar-refractivity contribution in [2.75, 3.05) is 6.54 Å². The summed E-state index contributed by atoms with van der Waals surface area (Å²) in [6.45, 7) is 1.04. The second kappa shape index (κ2) is 5.84. The molecule has 0 unspecified atom stereocenters. The van der Waals surface area contributed by atoms with Crippen LogP contribution in [0.5, 0.6) is 0 Å². The normalized spacial score (nSPS) is 19.5. The van der Waals surface area contributed by atoms with Crippen molar-refractivity contribution in [1.82, 2.24) is 15.5 Å². The number of nitrogens with zero attached hydrogens (tertiary/aromatic N) is 2. The van der Waals surface area contributed by atoms with Crippen LogP contribution in [0.4, 0.5) is 0 Å². The Morgan fingerprint density at radius 1 is 1.37 bits per heavy atom. The molecule has 5 heteroatoms. The SMILES string of the molecule is Brc1cccc(Cc2noc([C@H]3CCCCN3)n2)c1. The molecule has 0 radical (unpaired) electrons. The van der Waals surface area contributed by atoms with Gasteiger partial charge in [-0.05, 0) is 37.1 Å². The summed E-state index contributed by atoms with van der Waals surface area (Å²) < 4.78 is 6.44. The number of nitrogens with one attached hydrogen (secondary N) is 1. The molecule has 0 saturated carbocycles. The predicted octanol–water partition coefficient (Wildman–Crippen LogP) is 3.24. The van der Waals surface area contributed by atoms with Gasteiger partial charge >= 0.3 is 0 Å². The Morgan fingerprint density at radius 2 is 2.32 bits per heavy atom. The monoisotopic (exact) mass is 321 g/mol. The molecule has 1 aliphatic rings. The number of benzene rings is 1. The van der Waals surface area contributed by atoms with Gasteiger partial charge in [-0.15, -0.1) is 0 Å². The molecule has 4 nitrogen and oxygen atoms in total. The summed E-state index contributed by atoms with van der Waals surface area (Å²) in [4.78, 5) is 4.50. The fourth-order valence-electron chi connectivity index (χ4n) is 2.37. The quantitative estimate of drug-likeness (QED) is 0.942. The number of hydrogen-bond acceptors (Lipinski definition) is 4. The molecule has 0 aliphatic carbocycles. The summed E-state index contributed by atoms with van der Waals surface area (Å²) in [7, 11) is 0. The molecule has 1 aliphatic heterocycles. The molecule has 1 N–H and O–H groups in total. The van der Waals surface area contributed by atoms with Crippen LogP contribution >= 0.6 is 15.9 Å². The van der Waals surface area contributed by atoms with Gasteiger partial charge < -0.3 is 9.84 Å². The van der Waals surface area contributed by atoms with Crippen LogP contribution in [0.3, 0.4) is 0 Å². The highest BCUT2D eigenvalue weighted by Crippen LogP contribution is 2.22. The smallest absolute Gasteiger partial charge is 0.243 e. The molecule has 0 amide bonds. The van der Waals surface area contributed by atoms with Gasteiger partial charge in [-0.3, -0.25) is 0 Å². The first-order chi connectivity index (χ1) is 9.31. The van der Waals surface area contributed by atoms with Crippen molar-refractivity contribution in [2.24, 2.45) is 0 Å². The minimum atomic E-state index is 0.234. The van der Waals surface area contributed by atoms with E-state index in [1.807, 2.05) is 12.1 Å². The van der Waals surface area contributed by atoms with E-state index in [-0.39, 0.29) is 6.04 Å². The maximum absolute atomic E-state index is 5.37. The van der Waals surface area contributed by atoms with Gasteiger partial charge in [0.25, 0.3) is 0 Å². The Labute approximate surface area is 120 Å². The third-order valence-electron chi connectivity index (χ3n) is 3.34. The van der Waals surface area contributed by atoms with Crippen molar-refractivity contribution in [3.63, 3.8) is 0 Å². The maximum atomic E-state index is 5.37. The lowest BCUT2D eigenvalue weighted by atomic mass is 10.1. The fraction of sp³-hybridized carbons (Fsp3) is 0.429. The van der Waals surface area contributed by atoms with Crippen molar-refractivity contribution < 1.29 is 4.52 Å². The lowest BCUT2D eigenvalue weighted by molar-refractivity contribution is 0.296. The van der Waals surface area contributed by atoms with Crippen molar-refractivity contribution in [3.8, 4) is 0 Å². The molecule has 2 heterocycles. The van der Waals surface area contributed by atoms with E-state index in [4.69, 9.17) is 4.52 Å². The van der Waals surface area contributed by atoms with Crippen molar-refractivity contribution in [1.29, 1.82) is 0 Å². The van der Waals surface area contributed by atoms with Gasteiger partial charge in [-0.1, -0.05) is 39.6 Å². The van der Waals surface area contributed by atoms with E-state index >= 15 is 0 Å². The minimum Gasteiger partial charge on any atom is -0.338 e. The third kappa shape index (κ3) is 3.22. The highest BCUT2D eigenvalue weighted by molar-refractivity contribution is 9.10. The molecular formula is C14H16BrN3O. The van der Waals surface area contributed by atoms with E-state index in [2.05, 4.69) is 43.5 Å². The van der Waals surface area contributed by atoms with E-state index in [9.17, 15) is 0 Å². The third-order valence-corrected chi connectivity index (χ3v) is 3.84. The molecule has 1 atom stereocenters. The van der Waals surface area contributed by atoms with Crippen LogP contribution in [-0.2, 0) is 6.42 Å². The predicted molar refractivity (Wildman–Crippen MR) is 75.8 cm³/mol. The van der Waals surface area contributed by atoms with Crippen LogP contribution < -0.4 is 5.32 Å². The Balaban J connectivity index is 1.70. The first-order valence-corrected chi connectivity index (χ1v) is 7.41. The Morgan fingerprint density at radius 3 is 3.11 bits per heavy atom. The first-order valence-electron chi connectivity index (χ1n) is 6.61. The molecule has 100 valence electrons. The van der Waals surface area contributed by atoms with Crippen molar-refractivity contribution in [3.05, 3.63) is 46.0 Å². The molecule has 1 aromatic heterocycles. The highest BCUT2D eigenvalue weighted by Gasteiger charge is 2.20. The van der Waals surface area contributed by atoms with E-state index in [0.717, 1.165) is 29.2 Å². The Bertz CT molecular complexity index is 549. The molecule has 1 aromatic carbocycles. The van der Waals surface area contributed by atoms with Gasteiger partial charge in [-0.2, -0.15) is 4.98 Å². The Kier molecular flexibility index (Phi) is 3.94. The van der Waals surface area contributed by atoms with Crippen LogP contribution in [0, 0.1) is 0 Å². The van der Waals surface area contributed by atoms with Crippen LogP contribution in [0.25, 0.3) is 0 Å². The number of hydrogen-bond donors (Lipinski definition) is 1. The molecule has 1 fully saturated rings. The van der Waals surface area contributed by atoms with Gasteiger partial charge in [0.05, 0.1) is 6.04 Å². The molecule has 19 heavy (non-hydrogen) atoms. The van der Waals surface area contributed by atoms with Gasteiger partial charge in [0.1, 0.15) is 0 Å². The summed E-state index contributed by atoms with van der Waals surface area (Å²) in [5, 5.41) is 7.49. The van der Waals surface area contributed by atoms with E-state index < -0.39 is 0 Å². The number of piperidine rings is 1. The zero-order chi connectivity index (χ0) is 13.1. The average Bonchev–Trinajstić information content (AvgIpc) is 2.88. The fourth-order valence-corrected chi connectivity index (χ4v) is 2.82.